The third-order valence-corrected chi connectivity index (χ3v) is 4.37. The van der Waals surface area contributed by atoms with Crippen LogP contribution in [-0.4, -0.2) is 9.55 Å². The number of hydrogen-bond acceptors (Lipinski definition) is 2. The molecular weight excluding hydrogens is 377 g/mol. The molecule has 0 aliphatic carbocycles. The quantitative estimate of drug-likeness (QED) is 0.620. The number of aromatic amines is 1. The van der Waals surface area contributed by atoms with E-state index in [1.807, 2.05) is 0 Å². The minimum atomic E-state index is -0.799. The molecule has 0 unspecified atom stereocenters. The lowest BCUT2D eigenvalue weighted by molar-refractivity contribution is 0.588. The summed E-state index contributed by atoms with van der Waals surface area (Å²) in [4.78, 5) is 14.8. The van der Waals surface area contributed by atoms with Crippen molar-refractivity contribution < 1.29 is 8.78 Å². The topological polar surface area (TPSA) is 37.8 Å². The second-order valence-electron chi connectivity index (χ2n) is 4.86. The van der Waals surface area contributed by atoms with Crippen LogP contribution in [0.5, 0.6) is 0 Å². The number of aromatic nitrogens is 2. The van der Waals surface area contributed by atoms with Gasteiger partial charge in [-0.25, -0.2) is 13.6 Å². The molecule has 24 heavy (non-hydrogen) atoms. The normalized spacial score (nSPS) is 10.8. The van der Waals surface area contributed by atoms with Crippen LogP contribution in [0.3, 0.4) is 0 Å². The fourth-order valence-corrected chi connectivity index (χ4v) is 2.85. The molecule has 0 atom stereocenters. The summed E-state index contributed by atoms with van der Waals surface area (Å²) in [5.74, 6) is -1.60. The van der Waals surface area contributed by atoms with Gasteiger partial charge in [0, 0.05) is 0 Å². The number of nitrogens with one attached hydrogen (secondary N) is 1. The lowest BCUT2D eigenvalue weighted by atomic mass is 10.1. The summed E-state index contributed by atoms with van der Waals surface area (Å²) < 4.78 is 29.0. The van der Waals surface area contributed by atoms with E-state index in [2.05, 4.69) is 4.98 Å². The molecule has 0 aliphatic heterocycles. The molecule has 3 aromatic rings. The van der Waals surface area contributed by atoms with Crippen molar-refractivity contribution in [1.29, 1.82) is 0 Å². The van der Waals surface area contributed by atoms with Crippen molar-refractivity contribution in [2.75, 3.05) is 0 Å². The molecule has 0 saturated carbocycles. The van der Waals surface area contributed by atoms with Crippen LogP contribution in [0.25, 0.3) is 16.9 Å². The van der Waals surface area contributed by atoms with Crippen LogP contribution in [-0.2, 0) is 0 Å². The van der Waals surface area contributed by atoms with Gasteiger partial charge in [0.1, 0.15) is 16.3 Å². The standard InChI is InChI=1S/C16H8Cl2F2N2OS/c17-9-5-4-8(6-10(9)18)22-14(24)7-13(21-16(22)23)15-11(19)2-1-3-12(15)20/h1-7H,(H,21,23). The average molecular weight is 385 g/mol. The third-order valence-electron chi connectivity index (χ3n) is 3.33. The smallest absolute Gasteiger partial charge is 0.306 e. The molecule has 0 amide bonds. The second kappa shape index (κ2) is 6.47. The number of halogens is 4. The van der Waals surface area contributed by atoms with Gasteiger partial charge in [-0.2, -0.15) is 0 Å². The zero-order valence-electron chi connectivity index (χ0n) is 11.8. The average Bonchev–Trinajstić information content (AvgIpc) is 2.50. The molecule has 0 radical (unpaired) electrons. The van der Waals surface area contributed by atoms with E-state index < -0.39 is 17.3 Å². The Morgan fingerprint density at radius 2 is 1.67 bits per heavy atom. The molecule has 1 aromatic heterocycles. The summed E-state index contributed by atoms with van der Waals surface area (Å²) in [6.07, 6.45) is 0. The summed E-state index contributed by atoms with van der Waals surface area (Å²) in [6.45, 7) is 0. The molecule has 1 N–H and O–H groups in total. The van der Waals surface area contributed by atoms with Gasteiger partial charge in [0.25, 0.3) is 0 Å². The number of nitrogens with zero attached hydrogens (tertiary/aromatic N) is 1. The highest BCUT2D eigenvalue weighted by atomic mass is 35.5. The molecule has 0 bridgehead atoms. The van der Waals surface area contributed by atoms with Crippen molar-refractivity contribution in [1.82, 2.24) is 9.55 Å². The maximum absolute atomic E-state index is 13.9. The lowest BCUT2D eigenvalue weighted by Gasteiger charge is -2.10. The van der Waals surface area contributed by atoms with Crippen LogP contribution in [0.1, 0.15) is 0 Å². The van der Waals surface area contributed by atoms with Gasteiger partial charge in [-0.3, -0.25) is 4.57 Å². The fraction of sp³-hybridized carbons (Fsp3) is 0. The van der Waals surface area contributed by atoms with E-state index in [4.69, 9.17) is 35.4 Å². The Hall–Kier alpha value is -2.02. The zero-order valence-corrected chi connectivity index (χ0v) is 14.1. The lowest BCUT2D eigenvalue weighted by Crippen LogP contribution is -2.22. The van der Waals surface area contributed by atoms with Crippen molar-refractivity contribution in [2.45, 2.75) is 0 Å². The molecule has 3 rings (SSSR count). The van der Waals surface area contributed by atoms with Crippen molar-refractivity contribution in [2.24, 2.45) is 0 Å². The van der Waals surface area contributed by atoms with E-state index >= 15 is 0 Å². The zero-order chi connectivity index (χ0) is 17.4. The van der Waals surface area contributed by atoms with E-state index in [1.54, 1.807) is 6.07 Å². The van der Waals surface area contributed by atoms with Crippen LogP contribution in [0.4, 0.5) is 8.78 Å². The van der Waals surface area contributed by atoms with Crippen molar-refractivity contribution in [3.05, 3.63) is 79.3 Å². The Bertz CT molecular complexity index is 1010. The number of benzene rings is 2. The van der Waals surface area contributed by atoms with Gasteiger partial charge < -0.3 is 4.98 Å². The van der Waals surface area contributed by atoms with Crippen LogP contribution in [0.15, 0.2) is 47.3 Å². The maximum Gasteiger partial charge on any atom is 0.331 e. The van der Waals surface area contributed by atoms with E-state index in [0.29, 0.717) is 10.7 Å². The highest BCUT2D eigenvalue weighted by Crippen LogP contribution is 2.26. The third kappa shape index (κ3) is 3.00. The van der Waals surface area contributed by atoms with Gasteiger partial charge in [-0.15, -0.1) is 0 Å². The first-order valence-electron chi connectivity index (χ1n) is 6.64. The number of rotatable bonds is 2. The molecular formula is C16H8Cl2F2N2OS. The van der Waals surface area contributed by atoms with Crippen molar-refractivity contribution >= 4 is 35.4 Å². The molecule has 0 spiro atoms. The fourth-order valence-electron chi connectivity index (χ4n) is 2.25. The first kappa shape index (κ1) is 16.8. The predicted molar refractivity (Wildman–Crippen MR) is 92.6 cm³/mol. The molecule has 1 heterocycles. The minimum absolute atomic E-state index is 0.0445. The van der Waals surface area contributed by atoms with Gasteiger partial charge in [0.15, 0.2) is 0 Å². The minimum Gasteiger partial charge on any atom is -0.306 e. The van der Waals surface area contributed by atoms with Gasteiger partial charge >= 0.3 is 5.69 Å². The molecule has 122 valence electrons. The summed E-state index contributed by atoms with van der Waals surface area (Å²) in [5.41, 5.74) is -0.659. The van der Waals surface area contributed by atoms with E-state index in [9.17, 15) is 13.6 Å². The van der Waals surface area contributed by atoms with Crippen LogP contribution >= 0.6 is 35.4 Å². The Balaban J connectivity index is 2.22. The summed E-state index contributed by atoms with van der Waals surface area (Å²) in [7, 11) is 0. The van der Waals surface area contributed by atoms with E-state index in [0.717, 1.165) is 16.7 Å². The van der Waals surface area contributed by atoms with Gasteiger partial charge in [0.2, 0.25) is 0 Å². The number of hydrogen-bond donors (Lipinski definition) is 1. The highest BCUT2D eigenvalue weighted by molar-refractivity contribution is 7.71. The molecule has 0 saturated heterocycles. The first-order valence-corrected chi connectivity index (χ1v) is 7.81. The largest absolute Gasteiger partial charge is 0.331 e. The predicted octanol–water partition coefficient (Wildman–Crippen LogP) is 5.15. The Kier molecular flexibility index (Phi) is 4.54. The Morgan fingerprint density at radius 3 is 2.25 bits per heavy atom. The van der Waals surface area contributed by atoms with Crippen molar-refractivity contribution in [3.8, 4) is 16.9 Å². The monoisotopic (exact) mass is 384 g/mol. The van der Waals surface area contributed by atoms with Gasteiger partial charge in [-0.1, -0.05) is 41.5 Å². The van der Waals surface area contributed by atoms with Gasteiger partial charge in [0.05, 0.1) is 27.0 Å². The molecule has 0 aliphatic rings. The molecule has 0 fully saturated rings. The number of H-pyrrole nitrogens is 1. The van der Waals surface area contributed by atoms with Crippen LogP contribution < -0.4 is 5.69 Å². The van der Waals surface area contributed by atoms with Crippen LogP contribution in [0, 0.1) is 16.3 Å². The van der Waals surface area contributed by atoms with E-state index in [-0.39, 0.29) is 20.9 Å². The SMILES string of the molecule is O=c1[nH]c(-c2c(F)cccc2F)cc(=S)n1-c1ccc(Cl)c(Cl)c1. The summed E-state index contributed by atoms with van der Waals surface area (Å²) in [6, 6.07) is 9.28. The Labute approximate surface area is 150 Å². The maximum atomic E-state index is 13.9. The second-order valence-corrected chi connectivity index (χ2v) is 6.09. The van der Waals surface area contributed by atoms with Crippen LogP contribution in [0.2, 0.25) is 10.0 Å². The summed E-state index contributed by atoms with van der Waals surface area (Å²) in [5, 5.41) is 0.577. The first-order chi connectivity index (χ1) is 11.4. The Morgan fingerprint density at radius 1 is 1.00 bits per heavy atom. The molecule has 2 aromatic carbocycles. The van der Waals surface area contributed by atoms with E-state index in [1.165, 1.54) is 24.3 Å². The summed E-state index contributed by atoms with van der Waals surface area (Å²) >= 11 is 17.0. The molecule has 3 nitrogen and oxygen atoms in total. The highest BCUT2D eigenvalue weighted by Gasteiger charge is 2.14. The van der Waals surface area contributed by atoms with Crippen molar-refractivity contribution in [3.63, 3.8) is 0 Å². The molecule has 8 heteroatoms. The van der Waals surface area contributed by atoms with Gasteiger partial charge in [-0.05, 0) is 36.4 Å².